The molecule has 44 heavy (non-hydrogen) atoms. The first-order valence-corrected chi connectivity index (χ1v) is 16.4. The zero-order valence-corrected chi connectivity index (χ0v) is 25.5. The normalized spacial score (nSPS) is 17.1. The number of carbonyl (C=O) groups excluding carboxylic acids is 2. The van der Waals surface area contributed by atoms with Crippen molar-refractivity contribution >= 4 is 27.5 Å². The van der Waals surface area contributed by atoms with Crippen LogP contribution in [0.4, 0.5) is 5.69 Å². The van der Waals surface area contributed by atoms with Crippen LogP contribution < -0.4 is 4.72 Å². The molecule has 1 aliphatic rings. The van der Waals surface area contributed by atoms with Crippen LogP contribution in [0.15, 0.2) is 114 Å². The van der Waals surface area contributed by atoms with Gasteiger partial charge in [-0.1, -0.05) is 91.9 Å². The molecule has 4 aromatic carbocycles. The van der Waals surface area contributed by atoms with Gasteiger partial charge in [0, 0.05) is 18.0 Å². The number of carbonyl (C=O) groups is 2. The molecule has 1 saturated heterocycles. The van der Waals surface area contributed by atoms with Crippen LogP contribution in [0.3, 0.4) is 0 Å². The third kappa shape index (κ3) is 7.19. The van der Waals surface area contributed by atoms with Gasteiger partial charge in [-0.05, 0) is 73.1 Å². The molecule has 8 heteroatoms. The molecule has 1 heterocycles. The number of ether oxygens (including phenoxy) is 1. The number of aromatic hydroxyl groups is 1. The Morgan fingerprint density at radius 1 is 0.841 bits per heavy atom. The Morgan fingerprint density at radius 3 is 2.00 bits per heavy atom. The van der Waals surface area contributed by atoms with Crippen LogP contribution in [-0.2, 0) is 37.2 Å². The summed E-state index contributed by atoms with van der Waals surface area (Å²) in [6, 6.07) is 32.3. The predicted molar refractivity (Wildman–Crippen MR) is 170 cm³/mol. The lowest BCUT2D eigenvalue weighted by molar-refractivity contribution is -0.180. The van der Waals surface area contributed by atoms with E-state index in [0.717, 1.165) is 11.1 Å². The van der Waals surface area contributed by atoms with Crippen molar-refractivity contribution in [2.45, 2.75) is 61.9 Å². The third-order valence-electron chi connectivity index (χ3n) is 8.40. The van der Waals surface area contributed by atoms with Crippen molar-refractivity contribution in [3.05, 3.63) is 126 Å². The van der Waals surface area contributed by atoms with E-state index in [1.54, 1.807) is 30.3 Å². The van der Waals surface area contributed by atoms with Crippen LogP contribution >= 0.6 is 0 Å². The summed E-state index contributed by atoms with van der Waals surface area (Å²) in [6.07, 6.45) is 3.03. The monoisotopic (exact) mass is 611 g/mol. The molecule has 0 radical (unpaired) electrons. The molecule has 1 aliphatic heterocycles. The number of Topliss-reactive ketones (excluding diaryl/α,β-unsaturated/α-hetero) is 1. The molecular formula is C36H37NO6S. The molecular weight excluding hydrogens is 574 g/mol. The molecule has 0 amide bonds. The minimum Gasteiger partial charge on any atom is -0.507 e. The number of phenolic OH excluding ortho intramolecular Hbond substituents is 1. The summed E-state index contributed by atoms with van der Waals surface area (Å²) < 4.78 is 34.8. The first-order chi connectivity index (χ1) is 21.2. The van der Waals surface area contributed by atoms with Gasteiger partial charge in [0.2, 0.25) is 0 Å². The molecule has 0 saturated carbocycles. The number of rotatable bonds is 12. The van der Waals surface area contributed by atoms with E-state index < -0.39 is 33.4 Å². The van der Waals surface area contributed by atoms with E-state index in [1.165, 1.54) is 18.2 Å². The van der Waals surface area contributed by atoms with Crippen molar-refractivity contribution < 1.29 is 27.9 Å². The highest BCUT2D eigenvalue weighted by Gasteiger charge is 2.49. The lowest BCUT2D eigenvalue weighted by atomic mass is 9.74. The summed E-state index contributed by atoms with van der Waals surface area (Å²) in [6.45, 7) is 1.90. The number of aryl methyl sites for hydroxylation is 2. The molecule has 0 aromatic heterocycles. The topological polar surface area (TPSA) is 110 Å². The van der Waals surface area contributed by atoms with E-state index in [4.69, 9.17) is 4.74 Å². The molecule has 0 spiro atoms. The van der Waals surface area contributed by atoms with Crippen molar-refractivity contribution in [1.29, 1.82) is 0 Å². The van der Waals surface area contributed by atoms with Gasteiger partial charge in [0.15, 0.2) is 5.78 Å². The second kappa shape index (κ2) is 13.5. The zero-order chi connectivity index (χ0) is 31.2. The highest BCUT2D eigenvalue weighted by atomic mass is 32.2. The number of benzene rings is 4. The zero-order valence-electron chi connectivity index (χ0n) is 24.7. The van der Waals surface area contributed by atoms with E-state index in [-0.39, 0.29) is 28.5 Å². The molecule has 2 unspecified atom stereocenters. The number of ketones is 1. The van der Waals surface area contributed by atoms with E-state index in [2.05, 4.69) is 4.72 Å². The van der Waals surface area contributed by atoms with E-state index in [9.17, 15) is 23.1 Å². The number of nitrogens with one attached hydrogen (secondary N) is 1. The predicted octanol–water partition coefficient (Wildman–Crippen LogP) is 6.82. The minimum atomic E-state index is -4.07. The first kappa shape index (κ1) is 31.0. The van der Waals surface area contributed by atoms with Crippen LogP contribution in [-0.4, -0.2) is 30.9 Å². The van der Waals surface area contributed by atoms with Gasteiger partial charge in [-0.3, -0.25) is 14.3 Å². The average Bonchev–Trinajstić information content (AvgIpc) is 3.02. The lowest BCUT2D eigenvalue weighted by Crippen LogP contribution is -2.49. The Morgan fingerprint density at radius 2 is 1.43 bits per heavy atom. The second-order valence-corrected chi connectivity index (χ2v) is 13.1. The highest BCUT2D eigenvalue weighted by Crippen LogP contribution is 2.41. The van der Waals surface area contributed by atoms with E-state index in [0.29, 0.717) is 37.7 Å². The van der Waals surface area contributed by atoms with Crippen LogP contribution in [0, 0.1) is 5.92 Å². The summed E-state index contributed by atoms with van der Waals surface area (Å²) in [5.41, 5.74) is 2.24. The molecule has 7 nitrogen and oxygen atoms in total. The molecule has 5 rings (SSSR count). The summed E-state index contributed by atoms with van der Waals surface area (Å²) in [7, 11) is -4.07. The molecule has 4 aromatic rings. The second-order valence-electron chi connectivity index (χ2n) is 11.4. The number of hydrogen-bond donors (Lipinski definition) is 2. The smallest absolute Gasteiger partial charge is 0.317 e. The van der Waals surface area contributed by atoms with Crippen molar-refractivity contribution in [2.24, 2.45) is 5.92 Å². The molecule has 0 aliphatic carbocycles. The lowest BCUT2D eigenvalue weighted by Gasteiger charge is -2.41. The number of esters is 1. The van der Waals surface area contributed by atoms with Crippen molar-refractivity contribution in [3.8, 4) is 5.75 Å². The number of phenols is 1. The minimum absolute atomic E-state index is 0.124. The highest BCUT2D eigenvalue weighted by molar-refractivity contribution is 7.92. The first-order valence-electron chi connectivity index (χ1n) is 14.9. The quantitative estimate of drug-likeness (QED) is 0.134. The maximum atomic E-state index is 13.9. The van der Waals surface area contributed by atoms with Crippen molar-refractivity contribution in [3.63, 3.8) is 0 Å². The SMILES string of the molecule is CCC(c1cccc(NS(=O)(=O)c2ccccc2O)c1)C1C(=O)CC(CCc2ccccc2)(CCc2ccccc2)OC1=O. The fraction of sp³-hybridized carbons (Fsp3) is 0.278. The number of para-hydroxylation sites is 1. The summed E-state index contributed by atoms with van der Waals surface area (Å²) in [4.78, 5) is 27.4. The Kier molecular flexibility index (Phi) is 9.49. The van der Waals surface area contributed by atoms with Gasteiger partial charge in [0.05, 0.1) is 0 Å². The average molecular weight is 612 g/mol. The Labute approximate surface area is 259 Å². The van der Waals surface area contributed by atoms with Crippen LogP contribution in [0.25, 0.3) is 0 Å². The van der Waals surface area contributed by atoms with Crippen LogP contribution in [0.1, 0.15) is 55.2 Å². The Hall–Kier alpha value is -4.43. The van der Waals surface area contributed by atoms with E-state index in [1.807, 2.05) is 67.6 Å². The summed E-state index contributed by atoms with van der Waals surface area (Å²) in [5, 5.41) is 10.1. The van der Waals surface area contributed by atoms with Crippen LogP contribution in [0.5, 0.6) is 5.75 Å². The largest absolute Gasteiger partial charge is 0.507 e. The fourth-order valence-electron chi connectivity index (χ4n) is 6.09. The molecule has 228 valence electrons. The molecule has 0 bridgehead atoms. The number of cyclic esters (lactones) is 1. The Balaban J connectivity index is 1.37. The van der Waals surface area contributed by atoms with E-state index >= 15 is 0 Å². The van der Waals surface area contributed by atoms with Gasteiger partial charge in [0.1, 0.15) is 22.2 Å². The van der Waals surface area contributed by atoms with Gasteiger partial charge < -0.3 is 9.84 Å². The number of anilines is 1. The van der Waals surface area contributed by atoms with Gasteiger partial charge in [-0.2, -0.15) is 0 Å². The maximum absolute atomic E-state index is 13.9. The number of sulfonamides is 1. The van der Waals surface area contributed by atoms with Gasteiger partial charge in [0.25, 0.3) is 10.0 Å². The maximum Gasteiger partial charge on any atom is 0.317 e. The van der Waals surface area contributed by atoms with Gasteiger partial charge in [-0.25, -0.2) is 8.42 Å². The van der Waals surface area contributed by atoms with Gasteiger partial charge >= 0.3 is 5.97 Å². The fourth-order valence-corrected chi connectivity index (χ4v) is 7.24. The molecule has 1 fully saturated rings. The van der Waals surface area contributed by atoms with Crippen molar-refractivity contribution in [1.82, 2.24) is 0 Å². The summed E-state index contributed by atoms with van der Waals surface area (Å²) in [5.74, 6) is -2.54. The van der Waals surface area contributed by atoms with Gasteiger partial charge in [-0.15, -0.1) is 0 Å². The molecule has 2 N–H and O–H groups in total. The standard InChI is InChI=1S/C36H37NO6S/c1-2-30(28-16-11-17-29(24-28)37-44(41,42)33-19-10-9-18-31(33)38)34-32(39)25-36(43-35(34)40,22-20-26-12-5-3-6-13-26)23-21-27-14-7-4-8-15-27/h3-19,24,30,34,37-38H,2,20-23,25H2,1H3. The summed E-state index contributed by atoms with van der Waals surface area (Å²) >= 11 is 0. The van der Waals surface area contributed by atoms with Crippen LogP contribution in [0.2, 0.25) is 0 Å². The number of hydrogen-bond acceptors (Lipinski definition) is 6. The van der Waals surface area contributed by atoms with Crippen molar-refractivity contribution in [2.75, 3.05) is 4.72 Å². The molecule has 2 atom stereocenters. The third-order valence-corrected chi connectivity index (χ3v) is 9.83. The Bertz CT molecular complexity index is 1640.